The van der Waals surface area contributed by atoms with Gasteiger partial charge in [0.2, 0.25) is 5.91 Å². The van der Waals surface area contributed by atoms with Crippen molar-refractivity contribution in [3.8, 4) is 0 Å². The molecule has 1 aromatic carbocycles. The van der Waals surface area contributed by atoms with Crippen LogP contribution in [0.15, 0.2) is 18.2 Å². The number of hydrogen-bond donors (Lipinski definition) is 2. The number of carbonyl (C=O) groups excluding carboxylic acids is 1. The average molecular weight is 296 g/mol. The standard InChI is InChI=1S/C15H22ClN3O/c1-19(2)7-3-6-18-15(20)14-10-17-9-11-8-12(16)4-5-13(11)14/h4-5,8,14,17H,3,6-7,9-10H2,1-2H3,(H,18,20). The minimum Gasteiger partial charge on any atom is -0.355 e. The molecule has 0 bridgehead atoms. The van der Waals surface area contributed by atoms with Gasteiger partial charge in [-0.1, -0.05) is 17.7 Å². The Labute approximate surface area is 125 Å². The molecule has 0 aliphatic carbocycles. The van der Waals surface area contributed by atoms with Crippen molar-refractivity contribution in [2.24, 2.45) is 0 Å². The maximum Gasteiger partial charge on any atom is 0.228 e. The molecular formula is C15H22ClN3O. The van der Waals surface area contributed by atoms with E-state index in [1.165, 1.54) is 0 Å². The maximum atomic E-state index is 12.3. The molecule has 110 valence electrons. The number of rotatable bonds is 5. The zero-order chi connectivity index (χ0) is 14.5. The molecule has 4 nitrogen and oxygen atoms in total. The van der Waals surface area contributed by atoms with Crippen LogP contribution in [0.1, 0.15) is 23.5 Å². The predicted octanol–water partition coefficient (Wildman–Crippen LogP) is 1.59. The van der Waals surface area contributed by atoms with E-state index in [0.29, 0.717) is 6.54 Å². The molecule has 1 amide bonds. The molecule has 20 heavy (non-hydrogen) atoms. The van der Waals surface area contributed by atoms with Gasteiger partial charge in [0.25, 0.3) is 0 Å². The van der Waals surface area contributed by atoms with E-state index in [1.54, 1.807) is 0 Å². The Hall–Kier alpha value is -1.10. The molecule has 0 saturated heterocycles. The molecule has 0 saturated carbocycles. The van der Waals surface area contributed by atoms with E-state index in [2.05, 4.69) is 15.5 Å². The molecule has 2 rings (SSSR count). The first-order valence-electron chi connectivity index (χ1n) is 6.99. The lowest BCUT2D eigenvalue weighted by Crippen LogP contribution is -2.39. The summed E-state index contributed by atoms with van der Waals surface area (Å²) in [6, 6.07) is 5.77. The Morgan fingerprint density at radius 2 is 2.30 bits per heavy atom. The Bertz CT molecular complexity index is 476. The normalized spacial score (nSPS) is 17.9. The lowest BCUT2D eigenvalue weighted by Gasteiger charge is -2.26. The lowest BCUT2D eigenvalue weighted by atomic mass is 9.90. The molecule has 5 heteroatoms. The summed E-state index contributed by atoms with van der Waals surface area (Å²) in [5, 5.41) is 7.02. The number of amides is 1. The largest absolute Gasteiger partial charge is 0.355 e. The van der Waals surface area contributed by atoms with Gasteiger partial charge in [0, 0.05) is 24.7 Å². The van der Waals surface area contributed by atoms with Gasteiger partial charge in [-0.15, -0.1) is 0 Å². The topological polar surface area (TPSA) is 44.4 Å². The highest BCUT2D eigenvalue weighted by molar-refractivity contribution is 6.30. The minimum atomic E-state index is -0.115. The molecular weight excluding hydrogens is 274 g/mol. The molecule has 1 heterocycles. The van der Waals surface area contributed by atoms with Gasteiger partial charge in [-0.25, -0.2) is 0 Å². The smallest absolute Gasteiger partial charge is 0.228 e. The van der Waals surface area contributed by atoms with Gasteiger partial charge < -0.3 is 15.5 Å². The van der Waals surface area contributed by atoms with Crippen LogP contribution in [0, 0.1) is 0 Å². The summed E-state index contributed by atoms with van der Waals surface area (Å²) in [6.45, 7) is 3.17. The van der Waals surface area contributed by atoms with E-state index >= 15 is 0 Å². The molecule has 0 fully saturated rings. The number of benzene rings is 1. The van der Waals surface area contributed by atoms with Crippen molar-refractivity contribution in [2.75, 3.05) is 33.7 Å². The maximum absolute atomic E-state index is 12.3. The van der Waals surface area contributed by atoms with Crippen LogP contribution < -0.4 is 10.6 Å². The van der Waals surface area contributed by atoms with Gasteiger partial charge in [-0.2, -0.15) is 0 Å². The van der Waals surface area contributed by atoms with Crippen LogP contribution in [0.3, 0.4) is 0 Å². The second-order valence-electron chi connectivity index (χ2n) is 5.47. The van der Waals surface area contributed by atoms with E-state index in [-0.39, 0.29) is 11.8 Å². The summed E-state index contributed by atoms with van der Waals surface area (Å²) in [7, 11) is 4.07. The summed E-state index contributed by atoms with van der Waals surface area (Å²) in [4.78, 5) is 14.4. The monoisotopic (exact) mass is 295 g/mol. The van der Waals surface area contributed by atoms with E-state index in [9.17, 15) is 4.79 Å². The fourth-order valence-electron chi connectivity index (χ4n) is 2.49. The van der Waals surface area contributed by atoms with Crippen molar-refractivity contribution in [2.45, 2.75) is 18.9 Å². The average Bonchev–Trinajstić information content (AvgIpc) is 2.42. The van der Waals surface area contributed by atoms with Crippen molar-refractivity contribution in [3.05, 3.63) is 34.3 Å². The summed E-state index contributed by atoms with van der Waals surface area (Å²) >= 11 is 6.00. The van der Waals surface area contributed by atoms with Gasteiger partial charge in [0.1, 0.15) is 0 Å². The Kier molecular flexibility index (Phi) is 5.40. The highest BCUT2D eigenvalue weighted by atomic mass is 35.5. The highest BCUT2D eigenvalue weighted by Gasteiger charge is 2.25. The van der Waals surface area contributed by atoms with Crippen molar-refractivity contribution >= 4 is 17.5 Å². The van der Waals surface area contributed by atoms with E-state index in [1.807, 2.05) is 32.3 Å². The number of nitrogens with one attached hydrogen (secondary N) is 2. The summed E-state index contributed by atoms with van der Waals surface area (Å²) in [5.74, 6) is -0.0186. The zero-order valence-corrected chi connectivity index (χ0v) is 12.8. The van der Waals surface area contributed by atoms with Crippen LogP contribution >= 0.6 is 11.6 Å². The number of carbonyl (C=O) groups is 1. The van der Waals surface area contributed by atoms with E-state index in [0.717, 1.165) is 42.2 Å². The molecule has 1 aromatic rings. The lowest BCUT2D eigenvalue weighted by molar-refractivity contribution is -0.122. The minimum absolute atomic E-state index is 0.0968. The van der Waals surface area contributed by atoms with E-state index in [4.69, 9.17) is 11.6 Å². The molecule has 0 aromatic heterocycles. The Balaban J connectivity index is 1.95. The Morgan fingerprint density at radius 1 is 1.50 bits per heavy atom. The third kappa shape index (κ3) is 3.95. The Morgan fingerprint density at radius 3 is 3.05 bits per heavy atom. The fourth-order valence-corrected chi connectivity index (χ4v) is 2.69. The fraction of sp³-hybridized carbons (Fsp3) is 0.533. The molecule has 2 N–H and O–H groups in total. The quantitative estimate of drug-likeness (QED) is 0.811. The molecule has 0 spiro atoms. The van der Waals surface area contributed by atoms with Crippen molar-refractivity contribution in [1.29, 1.82) is 0 Å². The van der Waals surface area contributed by atoms with Crippen LogP contribution in [0.5, 0.6) is 0 Å². The van der Waals surface area contributed by atoms with Gasteiger partial charge in [-0.05, 0) is 50.3 Å². The molecule has 0 radical (unpaired) electrons. The second kappa shape index (κ2) is 7.07. The number of hydrogen-bond acceptors (Lipinski definition) is 3. The van der Waals surface area contributed by atoms with Gasteiger partial charge in [0.15, 0.2) is 0 Å². The van der Waals surface area contributed by atoms with Crippen LogP contribution in [0.2, 0.25) is 5.02 Å². The highest BCUT2D eigenvalue weighted by Crippen LogP contribution is 2.26. The molecule has 1 atom stereocenters. The first-order valence-corrected chi connectivity index (χ1v) is 7.37. The molecule has 1 aliphatic rings. The van der Waals surface area contributed by atoms with Crippen LogP contribution in [-0.2, 0) is 11.3 Å². The summed E-state index contributed by atoms with van der Waals surface area (Å²) in [5.41, 5.74) is 2.22. The first-order chi connectivity index (χ1) is 9.58. The number of halogens is 1. The van der Waals surface area contributed by atoms with Gasteiger partial charge in [-0.3, -0.25) is 4.79 Å². The first kappa shape index (κ1) is 15.3. The van der Waals surface area contributed by atoms with Gasteiger partial charge >= 0.3 is 0 Å². The number of fused-ring (bicyclic) bond motifs is 1. The van der Waals surface area contributed by atoms with Crippen LogP contribution in [-0.4, -0.2) is 44.5 Å². The van der Waals surface area contributed by atoms with Crippen LogP contribution in [0.4, 0.5) is 0 Å². The van der Waals surface area contributed by atoms with Crippen molar-refractivity contribution in [1.82, 2.24) is 15.5 Å². The van der Waals surface area contributed by atoms with Crippen molar-refractivity contribution < 1.29 is 4.79 Å². The summed E-state index contributed by atoms with van der Waals surface area (Å²) in [6.07, 6.45) is 0.965. The number of nitrogens with zero attached hydrogens (tertiary/aromatic N) is 1. The van der Waals surface area contributed by atoms with Gasteiger partial charge in [0.05, 0.1) is 5.92 Å². The molecule has 1 aliphatic heterocycles. The second-order valence-corrected chi connectivity index (χ2v) is 5.91. The zero-order valence-electron chi connectivity index (χ0n) is 12.1. The third-order valence-corrected chi connectivity index (χ3v) is 3.78. The summed E-state index contributed by atoms with van der Waals surface area (Å²) < 4.78 is 0. The third-order valence-electron chi connectivity index (χ3n) is 3.54. The SMILES string of the molecule is CN(C)CCCNC(=O)C1CNCc2cc(Cl)ccc21. The van der Waals surface area contributed by atoms with Crippen molar-refractivity contribution in [3.63, 3.8) is 0 Å². The van der Waals surface area contributed by atoms with E-state index < -0.39 is 0 Å². The molecule has 1 unspecified atom stereocenters. The van der Waals surface area contributed by atoms with Crippen LogP contribution in [0.25, 0.3) is 0 Å². The predicted molar refractivity (Wildman–Crippen MR) is 82.1 cm³/mol.